The first-order valence-corrected chi connectivity index (χ1v) is 9.43. The third-order valence-corrected chi connectivity index (χ3v) is 5.63. The normalized spacial score (nSPS) is 21.7. The van der Waals surface area contributed by atoms with Crippen LogP contribution in [-0.4, -0.2) is 32.8 Å². The number of nitrogens with one attached hydrogen (secondary N) is 1. The van der Waals surface area contributed by atoms with Crippen LogP contribution in [0.15, 0.2) is 24.3 Å². The van der Waals surface area contributed by atoms with E-state index in [0.717, 1.165) is 36.2 Å². The standard InChI is InChI=1S/C20H22FN3O3/c21-13-6-10-15(11-7-13)24-17-3-1-2-16(17)18(23-24)19(25)22-14-8-4-12(5-9-14)20(26)27/h6-7,10-12,14H,1-5,8-9H2,(H,22,25)(H,26,27). The Morgan fingerprint density at radius 2 is 1.81 bits per heavy atom. The number of hydrogen-bond donors (Lipinski definition) is 2. The van der Waals surface area contributed by atoms with E-state index in [-0.39, 0.29) is 23.7 Å². The minimum absolute atomic E-state index is 0.0128. The maximum absolute atomic E-state index is 13.2. The lowest BCUT2D eigenvalue weighted by Crippen LogP contribution is -2.39. The number of carbonyl (C=O) groups excluding carboxylic acids is 1. The lowest BCUT2D eigenvalue weighted by atomic mass is 9.86. The molecule has 1 amide bonds. The lowest BCUT2D eigenvalue weighted by Gasteiger charge is -2.26. The van der Waals surface area contributed by atoms with Crippen LogP contribution in [0, 0.1) is 11.7 Å². The zero-order valence-electron chi connectivity index (χ0n) is 14.9. The number of rotatable bonds is 4. The van der Waals surface area contributed by atoms with Crippen LogP contribution in [0.5, 0.6) is 0 Å². The highest BCUT2D eigenvalue weighted by Crippen LogP contribution is 2.29. The van der Waals surface area contributed by atoms with Crippen LogP contribution in [0.3, 0.4) is 0 Å². The van der Waals surface area contributed by atoms with Crippen LogP contribution in [0.25, 0.3) is 5.69 Å². The van der Waals surface area contributed by atoms with Crippen molar-refractivity contribution >= 4 is 11.9 Å². The summed E-state index contributed by atoms with van der Waals surface area (Å²) in [5, 5.41) is 16.7. The van der Waals surface area contributed by atoms with Gasteiger partial charge in [0.1, 0.15) is 5.82 Å². The van der Waals surface area contributed by atoms with Crippen LogP contribution >= 0.6 is 0 Å². The second-order valence-corrected chi connectivity index (χ2v) is 7.38. The molecule has 0 bridgehead atoms. The van der Waals surface area contributed by atoms with Crippen LogP contribution in [0.2, 0.25) is 0 Å². The van der Waals surface area contributed by atoms with Gasteiger partial charge >= 0.3 is 5.97 Å². The van der Waals surface area contributed by atoms with Crippen LogP contribution in [0.4, 0.5) is 4.39 Å². The van der Waals surface area contributed by atoms with E-state index >= 15 is 0 Å². The largest absolute Gasteiger partial charge is 0.481 e. The van der Waals surface area contributed by atoms with Gasteiger partial charge in [0.05, 0.1) is 11.6 Å². The van der Waals surface area contributed by atoms with Crippen molar-refractivity contribution in [3.8, 4) is 5.69 Å². The van der Waals surface area contributed by atoms with Crippen LogP contribution < -0.4 is 5.32 Å². The van der Waals surface area contributed by atoms with Gasteiger partial charge in [-0.25, -0.2) is 9.07 Å². The summed E-state index contributed by atoms with van der Waals surface area (Å²) in [4.78, 5) is 23.9. The zero-order valence-corrected chi connectivity index (χ0v) is 14.9. The van der Waals surface area contributed by atoms with E-state index in [1.807, 2.05) is 0 Å². The van der Waals surface area contributed by atoms with Crippen molar-refractivity contribution in [1.82, 2.24) is 15.1 Å². The quantitative estimate of drug-likeness (QED) is 0.866. The van der Waals surface area contributed by atoms with Gasteiger partial charge in [0.15, 0.2) is 5.69 Å². The molecule has 1 heterocycles. The molecule has 2 aliphatic carbocycles. The molecule has 0 spiro atoms. The van der Waals surface area contributed by atoms with E-state index in [4.69, 9.17) is 5.11 Å². The van der Waals surface area contributed by atoms with Crippen LogP contribution in [0.1, 0.15) is 53.8 Å². The summed E-state index contributed by atoms with van der Waals surface area (Å²) in [6, 6.07) is 6.09. The second kappa shape index (κ2) is 7.13. The summed E-state index contributed by atoms with van der Waals surface area (Å²) in [6.45, 7) is 0. The van der Waals surface area contributed by atoms with Crippen molar-refractivity contribution in [2.75, 3.05) is 0 Å². The van der Waals surface area contributed by atoms with Crippen molar-refractivity contribution in [3.63, 3.8) is 0 Å². The Kier molecular flexibility index (Phi) is 4.68. The summed E-state index contributed by atoms with van der Waals surface area (Å²) < 4.78 is 15.0. The number of carboxylic acid groups (broad SMARTS) is 1. The summed E-state index contributed by atoms with van der Waals surface area (Å²) in [5.74, 6) is -1.57. The van der Waals surface area contributed by atoms with Gasteiger partial charge in [-0.3, -0.25) is 9.59 Å². The molecule has 1 aromatic carbocycles. The van der Waals surface area contributed by atoms with Crippen LogP contribution in [-0.2, 0) is 17.6 Å². The Bertz CT molecular complexity index is 867. The Hall–Kier alpha value is -2.70. The third-order valence-electron chi connectivity index (χ3n) is 5.63. The Morgan fingerprint density at radius 1 is 1.11 bits per heavy atom. The molecule has 0 aliphatic heterocycles. The van der Waals surface area contributed by atoms with Gasteiger partial charge in [-0.15, -0.1) is 0 Å². The minimum atomic E-state index is -0.754. The first kappa shape index (κ1) is 17.7. The SMILES string of the molecule is O=C(NC1CCC(C(=O)O)CC1)c1nn(-c2ccc(F)cc2)c2c1CCC2. The van der Waals surface area contributed by atoms with Crippen molar-refractivity contribution in [2.24, 2.45) is 5.92 Å². The van der Waals surface area contributed by atoms with Gasteiger partial charge in [-0.1, -0.05) is 0 Å². The van der Waals surface area contributed by atoms with Crippen molar-refractivity contribution < 1.29 is 19.1 Å². The van der Waals surface area contributed by atoms with E-state index in [1.165, 1.54) is 12.1 Å². The first-order valence-electron chi connectivity index (χ1n) is 9.43. The molecule has 2 aliphatic rings. The molecule has 2 N–H and O–H groups in total. The molecule has 1 saturated carbocycles. The molecular formula is C20H22FN3O3. The van der Waals surface area contributed by atoms with E-state index in [2.05, 4.69) is 10.4 Å². The van der Waals surface area contributed by atoms with Crippen molar-refractivity contribution in [2.45, 2.75) is 51.0 Å². The molecular weight excluding hydrogens is 349 g/mol. The number of fused-ring (bicyclic) bond motifs is 1. The molecule has 1 fully saturated rings. The number of halogens is 1. The van der Waals surface area contributed by atoms with E-state index in [1.54, 1.807) is 16.8 Å². The van der Waals surface area contributed by atoms with Gasteiger partial charge in [0.2, 0.25) is 0 Å². The molecule has 0 atom stereocenters. The van der Waals surface area contributed by atoms with E-state index in [9.17, 15) is 14.0 Å². The molecule has 0 radical (unpaired) electrons. The van der Waals surface area contributed by atoms with E-state index in [0.29, 0.717) is 31.4 Å². The monoisotopic (exact) mass is 371 g/mol. The highest BCUT2D eigenvalue weighted by molar-refractivity contribution is 5.94. The fourth-order valence-electron chi connectivity index (χ4n) is 4.15. The van der Waals surface area contributed by atoms with Gasteiger partial charge < -0.3 is 10.4 Å². The molecule has 7 heteroatoms. The maximum Gasteiger partial charge on any atom is 0.306 e. The topological polar surface area (TPSA) is 84.2 Å². The number of nitrogens with zero attached hydrogens (tertiary/aromatic N) is 2. The highest BCUT2D eigenvalue weighted by Gasteiger charge is 2.30. The second-order valence-electron chi connectivity index (χ2n) is 7.38. The number of carboxylic acids is 1. The average Bonchev–Trinajstić information content (AvgIpc) is 3.25. The number of benzene rings is 1. The molecule has 4 rings (SSSR count). The van der Waals surface area contributed by atoms with Gasteiger partial charge in [0.25, 0.3) is 5.91 Å². The highest BCUT2D eigenvalue weighted by atomic mass is 19.1. The molecule has 1 aromatic heterocycles. The summed E-state index contributed by atoms with van der Waals surface area (Å²) in [6.07, 6.45) is 5.14. The summed E-state index contributed by atoms with van der Waals surface area (Å²) in [5.41, 5.74) is 3.17. The summed E-state index contributed by atoms with van der Waals surface area (Å²) >= 11 is 0. The molecule has 27 heavy (non-hydrogen) atoms. The summed E-state index contributed by atoms with van der Waals surface area (Å²) in [7, 11) is 0. The first-order chi connectivity index (χ1) is 13.0. The Balaban J connectivity index is 1.52. The Morgan fingerprint density at radius 3 is 2.48 bits per heavy atom. The smallest absolute Gasteiger partial charge is 0.306 e. The lowest BCUT2D eigenvalue weighted by molar-refractivity contribution is -0.142. The molecule has 0 saturated heterocycles. The zero-order chi connectivity index (χ0) is 19.0. The number of aromatic nitrogens is 2. The average molecular weight is 371 g/mol. The number of hydrogen-bond acceptors (Lipinski definition) is 3. The maximum atomic E-state index is 13.2. The van der Waals surface area contributed by atoms with Gasteiger partial charge in [0, 0.05) is 17.3 Å². The molecule has 0 unspecified atom stereocenters. The minimum Gasteiger partial charge on any atom is -0.481 e. The number of amides is 1. The van der Waals surface area contributed by atoms with E-state index < -0.39 is 5.97 Å². The number of aliphatic carboxylic acids is 1. The molecule has 142 valence electrons. The predicted octanol–water partition coefficient (Wildman–Crippen LogP) is 2.87. The fraction of sp³-hybridized carbons (Fsp3) is 0.450. The molecule has 6 nitrogen and oxygen atoms in total. The number of carbonyl (C=O) groups is 2. The Labute approximate surface area is 156 Å². The van der Waals surface area contributed by atoms with Gasteiger partial charge in [-0.05, 0) is 69.2 Å². The van der Waals surface area contributed by atoms with Crippen molar-refractivity contribution in [1.29, 1.82) is 0 Å². The predicted molar refractivity (Wildman–Crippen MR) is 96.4 cm³/mol. The van der Waals surface area contributed by atoms with Gasteiger partial charge in [-0.2, -0.15) is 5.10 Å². The fourth-order valence-corrected chi connectivity index (χ4v) is 4.15. The third kappa shape index (κ3) is 3.46. The molecule has 2 aromatic rings. The van der Waals surface area contributed by atoms with Crippen molar-refractivity contribution in [3.05, 3.63) is 47.0 Å².